The molecule has 3 N–H and O–H groups in total. The quantitative estimate of drug-likeness (QED) is 0.687. The number of ether oxygens (including phenoxy) is 1. The highest BCUT2D eigenvalue weighted by molar-refractivity contribution is 5.70. The van der Waals surface area contributed by atoms with Gasteiger partial charge in [0.25, 0.3) is 0 Å². The van der Waals surface area contributed by atoms with Crippen LogP contribution in [0, 0.1) is 0 Å². The van der Waals surface area contributed by atoms with E-state index >= 15 is 0 Å². The fourth-order valence-corrected chi connectivity index (χ4v) is 2.10. The maximum absolute atomic E-state index is 8.79. The highest BCUT2D eigenvalue weighted by atomic mass is 16.6. The largest absolute Gasteiger partial charge is 0.474 e. The minimum Gasteiger partial charge on any atom is -0.474 e. The molecule has 0 aliphatic carbocycles. The van der Waals surface area contributed by atoms with Crippen molar-refractivity contribution in [2.45, 2.75) is 13.3 Å². The van der Waals surface area contributed by atoms with Crippen LogP contribution in [-0.4, -0.2) is 43.0 Å². The third-order valence-electron chi connectivity index (χ3n) is 3.00. The standard InChI is InChI=1S/C12H14N6O3/c1-2-7-10(11-12(13)17-21-16-11)15-8-5-14-9(6-18(7)8)20-4-3-19/h5-6,19H,2-4H2,1H3,(H2,13,17). The monoisotopic (exact) mass is 290 g/mol. The van der Waals surface area contributed by atoms with Crippen LogP contribution in [0.4, 0.5) is 5.82 Å². The maximum Gasteiger partial charge on any atom is 0.230 e. The van der Waals surface area contributed by atoms with Gasteiger partial charge in [-0.2, -0.15) is 0 Å². The van der Waals surface area contributed by atoms with E-state index in [1.807, 2.05) is 11.3 Å². The molecule has 0 aromatic carbocycles. The lowest BCUT2D eigenvalue weighted by Crippen LogP contribution is -2.04. The maximum atomic E-state index is 8.79. The number of aromatic nitrogens is 5. The molecule has 3 aromatic heterocycles. The average Bonchev–Trinajstić information content (AvgIpc) is 3.07. The van der Waals surface area contributed by atoms with Gasteiger partial charge in [0.15, 0.2) is 17.2 Å². The second-order valence-electron chi connectivity index (χ2n) is 4.28. The highest BCUT2D eigenvalue weighted by Crippen LogP contribution is 2.27. The second-order valence-corrected chi connectivity index (χ2v) is 4.28. The molecule has 0 aliphatic rings. The van der Waals surface area contributed by atoms with Crippen molar-refractivity contribution in [3.05, 3.63) is 18.1 Å². The first-order chi connectivity index (χ1) is 10.2. The van der Waals surface area contributed by atoms with Gasteiger partial charge in [0, 0.05) is 0 Å². The molecule has 9 heteroatoms. The first kappa shape index (κ1) is 13.3. The van der Waals surface area contributed by atoms with Crippen LogP contribution in [0.25, 0.3) is 17.0 Å². The smallest absolute Gasteiger partial charge is 0.230 e. The van der Waals surface area contributed by atoms with E-state index in [4.69, 9.17) is 15.6 Å². The van der Waals surface area contributed by atoms with Gasteiger partial charge in [-0.1, -0.05) is 6.92 Å². The number of fused-ring (bicyclic) bond motifs is 1. The van der Waals surface area contributed by atoms with Crippen LogP contribution in [0.15, 0.2) is 17.0 Å². The predicted octanol–water partition coefficient (Wildman–Crippen LogP) is 0.295. The van der Waals surface area contributed by atoms with Gasteiger partial charge < -0.3 is 15.6 Å². The molecule has 0 saturated heterocycles. The number of aliphatic hydroxyl groups is 1. The molecule has 3 rings (SSSR count). The van der Waals surface area contributed by atoms with Crippen LogP contribution in [0.3, 0.4) is 0 Å². The van der Waals surface area contributed by atoms with Crippen molar-refractivity contribution in [3.63, 3.8) is 0 Å². The van der Waals surface area contributed by atoms with Crippen molar-refractivity contribution in [2.75, 3.05) is 18.9 Å². The van der Waals surface area contributed by atoms with E-state index in [0.717, 1.165) is 5.69 Å². The predicted molar refractivity (Wildman–Crippen MR) is 72.7 cm³/mol. The van der Waals surface area contributed by atoms with Gasteiger partial charge in [-0.3, -0.25) is 4.40 Å². The van der Waals surface area contributed by atoms with Gasteiger partial charge in [0.05, 0.1) is 24.7 Å². The molecular formula is C12H14N6O3. The minimum absolute atomic E-state index is 0.0727. The van der Waals surface area contributed by atoms with E-state index in [1.54, 1.807) is 12.4 Å². The van der Waals surface area contributed by atoms with E-state index in [1.165, 1.54) is 0 Å². The zero-order valence-corrected chi connectivity index (χ0v) is 11.4. The van der Waals surface area contributed by atoms with Gasteiger partial charge in [-0.25, -0.2) is 14.6 Å². The van der Waals surface area contributed by atoms with Crippen LogP contribution in [-0.2, 0) is 6.42 Å². The van der Waals surface area contributed by atoms with E-state index < -0.39 is 0 Å². The molecule has 3 heterocycles. The molecular weight excluding hydrogens is 276 g/mol. The summed E-state index contributed by atoms with van der Waals surface area (Å²) < 4.78 is 11.8. The number of hydrogen-bond acceptors (Lipinski definition) is 8. The molecule has 0 spiro atoms. The van der Waals surface area contributed by atoms with Gasteiger partial charge in [-0.05, 0) is 16.7 Å². The highest BCUT2D eigenvalue weighted by Gasteiger charge is 2.19. The van der Waals surface area contributed by atoms with Crippen molar-refractivity contribution in [1.82, 2.24) is 24.7 Å². The molecule has 0 amide bonds. The number of aryl methyl sites for hydroxylation is 1. The molecule has 0 bridgehead atoms. The Bertz CT molecular complexity index is 766. The molecule has 3 aromatic rings. The molecule has 0 atom stereocenters. The fraction of sp³-hybridized carbons (Fsp3) is 0.333. The number of aliphatic hydroxyl groups excluding tert-OH is 1. The summed E-state index contributed by atoms with van der Waals surface area (Å²) in [5.41, 5.74) is 8.28. The van der Waals surface area contributed by atoms with Gasteiger partial charge in [0.1, 0.15) is 12.3 Å². The Morgan fingerprint density at radius 3 is 2.90 bits per heavy atom. The lowest BCUT2D eigenvalue weighted by atomic mass is 10.2. The first-order valence-electron chi connectivity index (χ1n) is 6.43. The molecule has 9 nitrogen and oxygen atoms in total. The van der Waals surface area contributed by atoms with Crippen molar-refractivity contribution in [1.29, 1.82) is 0 Å². The number of hydrogen-bond donors (Lipinski definition) is 2. The average molecular weight is 290 g/mol. The Labute approximate surface area is 119 Å². The number of nitrogens with zero attached hydrogens (tertiary/aromatic N) is 5. The summed E-state index contributed by atoms with van der Waals surface area (Å²) in [7, 11) is 0. The summed E-state index contributed by atoms with van der Waals surface area (Å²) in [5.74, 6) is 0.597. The van der Waals surface area contributed by atoms with Crippen LogP contribution in [0.1, 0.15) is 12.6 Å². The van der Waals surface area contributed by atoms with E-state index in [9.17, 15) is 0 Å². The van der Waals surface area contributed by atoms with Crippen LogP contribution in [0.2, 0.25) is 0 Å². The van der Waals surface area contributed by atoms with Crippen LogP contribution >= 0.6 is 0 Å². The minimum atomic E-state index is -0.0727. The summed E-state index contributed by atoms with van der Waals surface area (Å²) in [6, 6.07) is 0. The molecule has 0 aliphatic heterocycles. The van der Waals surface area contributed by atoms with Crippen LogP contribution < -0.4 is 10.5 Å². The van der Waals surface area contributed by atoms with E-state index in [-0.39, 0.29) is 19.0 Å². The zero-order chi connectivity index (χ0) is 14.8. The number of nitrogens with two attached hydrogens (primary N) is 1. The summed E-state index contributed by atoms with van der Waals surface area (Å²) in [5, 5.41) is 16.2. The van der Waals surface area contributed by atoms with Crippen molar-refractivity contribution >= 4 is 11.5 Å². The van der Waals surface area contributed by atoms with Gasteiger partial charge >= 0.3 is 0 Å². The van der Waals surface area contributed by atoms with Gasteiger partial charge in [0.2, 0.25) is 5.88 Å². The van der Waals surface area contributed by atoms with Crippen molar-refractivity contribution in [2.24, 2.45) is 0 Å². The Morgan fingerprint density at radius 1 is 1.38 bits per heavy atom. The normalized spacial score (nSPS) is 11.1. The fourth-order valence-electron chi connectivity index (χ4n) is 2.10. The Kier molecular flexibility index (Phi) is 3.40. The first-order valence-corrected chi connectivity index (χ1v) is 6.43. The molecule has 0 fully saturated rings. The topological polar surface area (TPSA) is 125 Å². The van der Waals surface area contributed by atoms with Crippen molar-refractivity contribution < 1.29 is 14.5 Å². The zero-order valence-electron chi connectivity index (χ0n) is 11.4. The second kappa shape index (κ2) is 5.37. The molecule has 110 valence electrons. The lowest BCUT2D eigenvalue weighted by molar-refractivity contribution is 0.196. The third kappa shape index (κ3) is 2.27. The number of nitrogen functional groups attached to an aromatic ring is 1. The third-order valence-corrected chi connectivity index (χ3v) is 3.00. The summed E-state index contributed by atoms with van der Waals surface area (Å²) in [4.78, 5) is 8.59. The molecule has 0 saturated carbocycles. The number of rotatable bonds is 5. The Morgan fingerprint density at radius 2 is 2.24 bits per heavy atom. The Hall–Kier alpha value is -2.68. The van der Waals surface area contributed by atoms with Crippen LogP contribution in [0.5, 0.6) is 5.88 Å². The summed E-state index contributed by atoms with van der Waals surface area (Å²) in [6.45, 7) is 2.10. The Balaban J connectivity index is 2.12. The molecule has 0 unspecified atom stereocenters. The van der Waals surface area contributed by atoms with Gasteiger partial charge in [-0.15, -0.1) is 0 Å². The summed E-state index contributed by atoms with van der Waals surface area (Å²) in [6.07, 6.45) is 4.00. The van der Waals surface area contributed by atoms with E-state index in [0.29, 0.717) is 29.3 Å². The molecule has 21 heavy (non-hydrogen) atoms. The summed E-state index contributed by atoms with van der Waals surface area (Å²) >= 11 is 0. The van der Waals surface area contributed by atoms with E-state index in [2.05, 4.69) is 24.9 Å². The SMILES string of the molecule is CCc1c(-c2nonc2N)nc2cnc(OCCO)cn12. The molecule has 0 radical (unpaired) electrons. The number of anilines is 1. The van der Waals surface area contributed by atoms with Crippen molar-refractivity contribution in [3.8, 4) is 17.3 Å². The number of imidazole rings is 1. The lowest BCUT2D eigenvalue weighted by Gasteiger charge is -2.04.